The summed E-state index contributed by atoms with van der Waals surface area (Å²) >= 11 is 0. The van der Waals surface area contributed by atoms with Crippen molar-refractivity contribution in [3.05, 3.63) is 35.4 Å². The van der Waals surface area contributed by atoms with Crippen molar-refractivity contribution in [3.63, 3.8) is 0 Å². The van der Waals surface area contributed by atoms with Gasteiger partial charge < -0.3 is 10.6 Å². The van der Waals surface area contributed by atoms with E-state index in [1.807, 2.05) is 7.05 Å². The van der Waals surface area contributed by atoms with Crippen LogP contribution in [0.15, 0.2) is 29.3 Å². The molecule has 0 saturated heterocycles. The predicted molar refractivity (Wildman–Crippen MR) is 110 cm³/mol. The summed E-state index contributed by atoms with van der Waals surface area (Å²) in [4.78, 5) is 6.89. The van der Waals surface area contributed by atoms with Gasteiger partial charge in [0, 0.05) is 38.8 Å². The number of nitrogens with zero attached hydrogens (tertiary/aromatic N) is 2. The fourth-order valence-corrected chi connectivity index (χ4v) is 2.80. The first-order valence-electron chi connectivity index (χ1n) is 8.36. The lowest BCUT2D eigenvalue weighted by Crippen LogP contribution is -2.43. The third-order valence-electron chi connectivity index (χ3n) is 4.11. The van der Waals surface area contributed by atoms with E-state index >= 15 is 0 Å². The second kappa shape index (κ2) is 10.1. The van der Waals surface area contributed by atoms with Gasteiger partial charge in [-0.25, -0.2) is 0 Å². The number of nitrogens with one attached hydrogen (secondary N) is 2. The van der Waals surface area contributed by atoms with E-state index in [-0.39, 0.29) is 24.0 Å². The number of benzene rings is 1. The van der Waals surface area contributed by atoms with Gasteiger partial charge in [0.1, 0.15) is 0 Å². The molecule has 0 heterocycles. The molecule has 0 radical (unpaired) electrons. The van der Waals surface area contributed by atoms with Gasteiger partial charge >= 0.3 is 0 Å². The van der Waals surface area contributed by atoms with Gasteiger partial charge in [-0.3, -0.25) is 9.89 Å². The molecule has 1 aromatic carbocycles. The van der Waals surface area contributed by atoms with Crippen LogP contribution in [0.4, 0.5) is 0 Å². The molecule has 0 aromatic heterocycles. The van der Waals surface area contributed by atoms with Gasteiger partial charge in [0.25, 0.3) is 0 Å². The number of hydrogen-bond donors (Lipinski definition) is 2. The second-order valence-electron chi connectivity index (χ2n) is 6.40. The highest BCUT2D eigenvalue weighted by atomic mass is 127. The molecular weight excluding hydrogens is 399 g/mol. The van der Waals surface area contributed by atoms with Crippen LogP contribution in [0.1, 0.15) is 37.8 Å². The van der Waals surface area contributed by atoms with Gasteiger partial charge in [0.15, 0.2) is 5.96 Å². The SMILES string of the molecule is CN=C(NCCN(C(C)C)C1CC1)NCc1cccc(C)c1.I. The van der Waals surface area contributed by atoms with E-state index in [0.29, 0.717) is 6.04 Å². The van der Waals surface area contributed by atoms with E-state index in [0.717, 1.165) is 31.6 Å². The zero-order chi connectivity index (χ0) is 15.9. The molecule has 0 bridgehead atoms. The lowest BCUT2D eigenvalue weighted by molar-refractivity contribution is 0.215. The molecule has 1 saturated carbocycles. The van der Waals surface area contributed by atoms with Crippen molar-refractivity contribution in [2.24, 2.45) is 4.99 Å². The van der Waals surface area contributed by atoms with Gasteiger partial charge in [-0.05, 0) is 39.2 Å². The monoisotopic (exact) mass is 430 g/mol. The minimum Gasteiger partial charge on any atom is -0.355 e. The number of guanidine groups is 1. The zero-order valence-corrected chi connectivity index (χ0v) is 17.1. The smallest absolute Gasteiger partial charge is 0.191 e. The van der Waals surface area contributed by atoms with Crippen molar-refractivity contribution < 1.29 is 0 Å². The Bertz CT molecular complexity index is 496. The Hall–Kier alpha value is -0.820. The Morgan fingerprint density at radius 3 is 2.61 bits per heavy atom. The maximum Gasteiger partial charge on any atom is 0.191 e. The third-order valence-corrected chi connectivity index (χ3v) is 4.11. The van der Waals surface area contributed by atoms with Gasteiger partial charge in [-0.15, -0.1) is 24.0 Å². The molecule has 0 spiro atoms. The van der Waals surface area contributed by atoms with Crippen LogP contribution in [0.25, 0.3) is 0 Å². The van der Waals surface area contributed by atoms with Crippen molar-refractivity contribution in [2.45, 2.75) is 52.2 Å². The van der Waals surface area contributed by atoms with Crippen LogP contribution in [0.2, 0.25) is 0 Å². The maximum absolute atomic E-state index is 4.30. The summed E-state index contributed by atoms with van der Waals surface area (Å²) in [7, 11) is 1.83. The molecule has 23 heavy (non-hydrogen) atoms. The summed E-state index contributed by atoms with van der Waals surface area (Å²) in [6, 6.07) is 9.99. The Morgan fingerprint density at radius 1 is 1.30 bits per heavy atom. The predicted octanol–water partition coefficient (Wildman–Crippen LogP) is 3.15. The van der Waals surface area contributed by atoms with Crippen molar-refractivity contribution in [2.75, 3.05) is 20.1 Å². The van der Waals surface area contributed by atoms with Crippen LogP contribution >= 0.6 is 24.0 Å². The molecule has 0 aliphatic heterocycles. The topological polar surface area (TPSA) is 39.7 Å². The Morgan fingerprint density at radius 2 is 2.04 bits per heavy atom. The lowest BCUT2D eigenvalue weighted by Gasteiger charge is -2.26. The average molecular weight is 430 g/mol. The minimum atomic E-state index is 0. The van der Waals surface area contributed by atoms with E-state index in [1.165, 1.54) is 24.0 Å². The molecule has 0 unspecified atom stereocenters. The molecule has 5 heteroatoms. The van der Waals surface area contributed by atoms with E-state index in [4.69, 9.17) is 0 Å². The Kier molecular flexibility index (Phi) is 8.91. The van der Waals surface area contributed by atoms with E-state index in [9.17, 15) is 0 Å². The average Bonchev–Trinajstić information content (AvgIpc) is 3.31. The minimum absolute atomic E-state index is 0. The molecule has 0 atom stereocenters. The standard InChI is InChI=1S/C18H30N4.HI/c1-14(2)22(17-8-9-17)11-10-20-18(19-4)21-13-16-7-5-6-15(3)12-16;/h5-7,12,14,17H,8-11,13H2,1-4H3,(H2,19,20,21);1H. The molecule has 1 aromatic rings. The van der Waals surface area contributed by atoms with Crippen molar-refractivity contribution in [1.29, 1.82) is 0 Å². The fraction of sp³-hybridized carbons (Fsp3) is 0.611. The summed E-state index contributed by atoms with van der Waals surface area (Å²) < 4.78 is 0. The van der Waals surface area contributed by atoms with E-state index < -0.39 is 0 Å². The fourth-order valence-electron chi connectivity index (χ4n) is 2.80. The largest absolute Gasteiger partial charge is 0.355 e. The number of aryl methyl sites for hydroxylation is 1. The van der Waals surface area contributed by atoms with E-state index in [1.54, 1.807) is 0 Å². The zero-order valence-electron chi connectivity index (χ0n) is 14.8. The highest BCUT2D eigenvalue weighted by molar-refractivity contribution is 14.0. The molecule has 2 rings (SSSR count). The first-order chi connectivity index (χ1) is 10.6. The van der Waals surface area contributed by atoms with Gasteiger partial charge in [-0.1, -0.05) is 29.8 Å². The highest BCUT2D eigenvalue weighted by Crippen LogP contribution is 2.27. The molecule has 2 N–H and O–H groups in total. The van der Waals surface area contributed by atoms with Gasteiger partial charge in [0.2, 0.25) is 0 Å². The molecule has 1 fully saturated rings. The van der Waals surface area contributed by atoms with Crippen LogP contribution in [-0.4, -0.2) is 43.1 Å². The summed E-state index contributed by atoms with van der Waals surface area (Å²) in [6.45, 7) is 9.49. The van der Waals surface area contributed by atoms with Gasteiger partial charge in [0.05, 0.1) is 0 Å². The van der Waals surface area contributed by atoms with E-state index in [2.05, 4.69) is 65.6 Å². The van der Waals surface area contributed by atoms with Crippen molar-refractivity contribution in [1.82, 2.24) is 15.5 Å². The summed E-state index contributed by atoms with van der Waals surface area (Å²) in [5.41, 5.74) is 2.57. The van der Waals surface area contributed by atoms with Gasteiger partial charge in [-0.2, -0.15) is 0 Å². The molecule has 1 aliphatic carbocycles. The quantitative estimate of drug-likeness (QED) is 0.397. The first-order valence-corrected chi connectivity index (χ1v) is 8.36. The van der Waals surface area contributed by atoms with Crippen LogP contribution in [-0.2, 0) is 6.54 Å². The van der Waals surface area contributed by atoms with Crippen LogP contribution < -0.4 is 10.6 Å². The molecular formula is C18H31IN4. The summed E-state index contributed by atoms with van der Waals surface area (Å²) in [6.07, 6.45) is 2.72. The summed E-state index contributed by atoms with van der Waals surface area (Å²) in [5, 5.41) is 6.80. The normalized spacial score (nSPS) is 14.8. The van der Waals surface area contributed by atoms with Crippen LogP contribution in [0, 0.1) is 6.92 Å². The third kappa shape index (κ3) is 7.08. The number of hydrogen-bond acceptors (Lipinski definition) is 2. The molecule has 4 nitrogen and oxygen atoms in total. The van der Waals surface area contributed by atoms with Crippen molar-refractivity contribution >= 4 is 29.9 Å². The van der Waals surface area contributed by atoms with Crippen LogP contribution in [0.3, 0.4) is 0 Å². The van der Waals surface area contributed by atoms with Crippen LogP contribution in [0.5, 0.6) is 0 Å². The summed E-state index contributed by atoms with van der Waals surface area (Å²) in [5.74, 6) is 0.876. The second-order valence-corrected chi connectivity index (χ2v) is 6.40. The Balaban J connectivity index is 0.00000264. The molecule has 0 amide bonds. The molecule has 1 aliphatic rings. The lowest BCUT2D eigenvalue weighted by atomic mass is 10.1. The first kappa shape index (κ1) is 20.2. The number of aliphatic imine (C=N–C) groups is 1. The number of rotatable bonds is 7. The molecule has 130 valence electrons. The van der Waals surface area contributed by atoms with Crippen molar-refractivity contribution in [3.8, 4) is 0 Å². The highest BCUT2D eigenvalue weighted by Gasteiger charge is 2.29. The maximum atomic E-state index is 4.30. The Labute approximate surface area is 158 Å². The number of halogens is 1.